The van der Waals surface area contributed by atoms with Gasteiger partial charge in [0.25, 0.3) is 0 Å². The molecule has 2 aromatic rings. The maximum Gasteiger partial charge on any atom is 0.231 e. The summed E-state index contributed by atoms with van der Waals surface area (Å²) >= 11 is 3.49. The van der Waals surface area contributed by atoms with E-state index in [2.05, 4.69) is 45.5 Å². The number of nitrogens with one attached hydrogen (secondary N) is 1. The summed E-state index contributed by atoms with van der Waals surface area (Å²) in [6.07, 6.45) is 4.64. The molecule has 5 rings (SSSR count). The van der Waals surface area contributed by atoms with Crippen molar-refractivity contribution < 1.29 is 19.0 Å². The molecule has 158 valence electrons. The third kappa shape index (κ3) is 3.40. The summed E-state index contributed by atoms with van der Waals surface area (Å²) in [4.78, 5) is 13.4. The van der Waals surface area contributed by atoms with Gasteiger partial charge in [0, 0.05) is 29.6 Å². The molecule has 5 nitrogen and oxygen atoms in total. The zero-order chi connectivity index (χ0) is 20.6. The van der Waals surface area contributed by atoms with Crippen LogP contribution in [0, 0.1) is 0 Å². The number of ether oxygens (including phenoxy) is 3. The van der Waals surface area contributed by atoms with Crippen molar-refractivity contribution in [1.82, 2.24) is 5.32 Å². The van der Waals surface area contributed by atoms with E-state index in [0.29, 0.717) is 19.8 Å². The average Bonchev–Trinajstić information content (AvgIpc) is 3.21. The summed E-state index contributed by atoms with van der Waals surface area (Å²) in [6.45, 7) is 2.26. The van der Waals surface area contributed by atoms with E-state index in [4.69, 9.17) is 14.2 Å². The molecular weight excluding hydrogens is 446 g/mol. The Balaban J connectivity index is 1.38. The van der Waals surface area contributed by atoms with E-state index in [9.17, 15) is 4.79 Å². The zero-order valence-corrected chi connectivity index (χ0v) is 18.5. The molecule has 0 unspecified atom stereocenters. The zero-order valence-electron chi connectivity index (χ0n) is 16.9. The second-order valence-corrected chi connectivity index (χ2v) is 9.50. The minimum Gasteiger partial charge on any atom is -0.454 e. The van der Waals surface area contributed by atoms with Gasteiger partial charge in [-0.25, -0.2) is 0 Å². The third-order valence-corrected chi connectivity index (χ3v) is 7.59. The van der Waals surface area contributed by atoms with Crippen LogP contribution in [0.1, 0.15) is 43.2 Å². The van der Waals surface area contributed by atoms with Crippen molar-refractivity contribution in [3.05, 3.63) is 58.1 Å². The van der Waals surface area contributed by atoms with Gasteiger partial charge in [0.05, 0.1) is 5.41 Å². The van der Waals surface area contributed by atoms with Crippen LogP contribution in [0.2, 0.25) is 0 Å². The molecule has 1 saturated heterocycles. The third-order valence-electron chi connectivity index (χ3n) is 7.06. The summed E-state index contributed by atoms with van der Waals surface area (Å²) in [7, 11) is 0. The van der Waals surface area contributed by atoms with Gasteiger partial charge in [-0.3, -0.25) is 4.79 Å². The first-order valence-corrected chi connectivity index (χ1v) is 11.4. The molecule has 2 aliphatic heterocycles. The van der Waals surface area contributed by atoms with Crippen molar-refractivity contribution in [2.24, 2.45) is 0 Å². The average molecular weight is 472 g/mol. The van der Waals surface area contributed by atoms with E-state index >= 15 is 0 Å². The lowest BCUT2D eigenvalue weighted by Gasteiger charge is -2.43. The van der Waals surface area contributed by atoms with Crippen molar-refractivity contribution >= 4 is 21.8 Å². The van der Waals surface area contributed by atoms with Crippen LogP contribution in [0.4, 0.5) is 0 Å². The normalized spacial score (nSPS) is 21.0. The molecule has 0 aromatic heterocycles. The highest BCUT2D eigenvalue weighted by Gasteiger charge is 2.46. The van der Waals surface area contributed by atoms with Crippen LogP contribution < -0.4 is 14.8 Å². The Labute approximate surface area is 185 Å². The van der Waals surface area contributed by atoms with Gasteiger partial charge in [0.2, 0.25) is 12.7 Å². The van der Waals surface area contributed by atoms with Gasteiger partial charge in [0.1, 0.15) is 0 Å². The minimum absolute atomic E-state index is 0.141. The Morgan fingerprint density at radius 2 is 1.63 bits per heavy atom. The number of hydrogen-bond donors (Lipinski definition) is 1. The highest BCUT2D eigenvalue weighted by molar-refractivity contribution is 9.10. The van der Waals surface area contributed by atoms with Crippen molar-refractivity contribution in [3.63, 3.8) is 0 Å². The van der Waals surface area contributed by atoms with Gasteiger partial charge >= 0.3 is 0 Å². The molecule has 0 bridgehead atoms. The van der Waals surface area contributed by atoms with E-state index in [1.165, 1.54) is 5.56 Å². The Hall–Kier alpha value is -2.05. The molecule has 0 spiro atoms. The van der Waals surface area contributed by atoms with Crippen LogP contribution in [0.3, 0.4) is 0 Å². The fourth-order valence-corrected chi connectivity index (χ4v) is 5.19. The molecule has 2 aromatic carbocycles. The van der Waals surface area contributed by atoms with Gasteiger partial charge in [-0.15, -0.1) is 0 Å². The lowest BCUT2D eigenvalue weighted by molar-refractivity contribution is -0.130. The predicted molar refractivity (Wildman–Crippen MR) is 117 cm³/mol. The Morgan fingerprint density at radius 1 is 0.933 bits per heavy atom. The lowest BCUT2D eigenvalue weighted by atomic mass is 9.63. The van der Waals surface area contributed by atoms with Gasteiger partial charge < -0.3 is 19.5 Å². The molecule has 6 heteroatoms. The maximum absolute atomic E-state index is 13.4. The SMILES string of the molecule is O=C(NCC1(c2ccc3c(c2)OCO3)CCOCC1)C1(c2ccc(Br)cc2)CCC1. The Bertz CT molecular complexity index is 933. The number of benzene rings is 2. The quantitative estimate of drug-likeness (QED) is 0.698. The van der Waals surface area contributed by atoms with Crippen molar-refractivity contribution in [3.8, 4) is 11.5 Å². The summed E-state index contributed by atoms with van der Waals surface area (Å²) < 4.78 is 17.8. The Morgan fingerprint density at radius 3 is 2.33 bits per heavy atom. The molecule has 2 heterocycles. The van der Waals surface area contributed by atoms with E-state index in [0.717, 1.165) is 53.6 Å². The first-order chi connectivity index (χ1) is 14.6. The number of carbonyl (C=O) groups excluding carboxylic acids is 1. The molecule has 0 atom stereocenters. The molecule has 1 aliphatic carbocycles. The van der Waals surface area contributed by atoms with E-state index in [-0.39, 0.29) is 18.1 Å². The van der Waals surface area contributed by atoms with Gasteiger partial charge in [-0.05, 0) is 61.1 Å². The van der Waals surface area contributed by atoms with Crippen LogP contribution in [-0.4, -0.2) is 32.5 Å². The second kappa shape index (κ2) is 7.89. The first kappa shape index (κ1) is 19.9. The van der Waals surface area contributed by atoms with Crippen LogP contribution in [0.15, 0.2) is 46.9 Å². The predicted octanol–water partition coefficient (Wildman–Crippen LogP) is 4.46. The molecule has 1 amide bonds. The number of rotatable bonds is 5. The highest BCUT2D eigenvalue weighted by Crippen LogP contribution is 2.45. The van der Waals surface area contributed by atoms with Crippen LogP contribution >= 0.6 is 15.9 Å². The fourth-order valence-electron chi connectivity index (χ4n) is 4.92. The van der Waals surface area contributed by atoms with Crippen molar-refractivity contribution in [2.45, 2.75) is 42.9 Å². The molecule has 2 fully saturated rings. The summed E-state index contributed by atoms with van der Waals surface area (Å²) in [5, 5.41) is 3.34. The molecule has 1 saturated carbocycles. The largest absolute Gasteiger partial charge is 0.454 e. The number of carbonyl (C=O) groups is 1. The Kier molecular flexibility index (Phi) is 5.23. The monoisotopic (exact) mass is 471 g/mol. The molecule has 0 radical (unpaired) electrons. The van der Waals surface area contributed by atoms with Crippen LogP contribution in [-0.2, 0) is 20.4 Å². The van der Waals surface area contributed by atoms with Gasteiger partial charge in [-0.2, -0.15) is 0 Å². The fraction of sp³-hybridized carbons (Fsp3) is 0.458. The molecule has 1 N–H and O–H groups in total. The number of halogens is 1. The highest BCUT2D eigenvalue weighted by atomic mass is 79.9. The van der Waals surface area contributed by atoms with Crippen LogP contribution in [0.5, 0.6) is 11.5 Å². The number of fused-ring (bicyclic) bond motifs is 1. The second-order valence-electron chi connectivity index (χ2n) is 8.59. The van der Waals surface area contributed by atoms with Gasteiger partial charge in [0.15, 0.2) is 11.5 Å². The summed E-state index contributed by atoms with van der Waals surface area (Å²) in [6, 6.07) is 14.4. The van der Waals surface area contributed by atoms with E-state index in [1.807, 2.05) is 18.2 Å². The number of hydrogen-bond acceptors (Lipinski definition) is 4. The van der Waals surface area contributed by atoms with Crippen molar-refractivity contribution in [1.29, 1.82) is 0 Å². The molecular formula is C24H26BrNO4. The topological polar surface area (TPSA) is 56.8 Å². The van der Waals surface area contributed by atoms with E-state index < -0.39 is 5.41 Å². The van der Waals surface area contributed by atoms with Gasteiger partial charge in [-0.1, -0.05) is 40.5 Å². The smallest absolute Gasteiger partial charge is 0.231 e. The summed E-state index contributed by atoms with van der Waals surface area (Å²) in [5.41, 5.74) is 1.74. The lowest BCUT2D eigenvalue weighted by Crippen LogP contribution is -2.53. The molecule has 30 heavy (non-hydrogen) atoms. The van der Waals surface area contributed by atoms with Crippen LogP contribution in [0.25, 0.3) is 0 Å². The standard InChI is InChI=1S/C24H26BrNO4/c25-19-5-2-17(3-6-19)24(8-1-9-24)22(27)26-15-23(10-12-28-13-11-23)18-4-7-20-21(14-18)30-16-29-20/h2-7,14H,1,8-13,15-16H2,(H,26,27). The minimum atomic E-state index is -0.401. The summed E-state index contributed by atoms with van der Waals surface area (Å²) in [5.74, 6) is 1.71. The first-order valence-electron chi connectivity index (χ1n) is 10.6. The molecule has 3 aliphatic rings. The van der Waals surface area contributed by atoms with Crippen molar-refractivity contribution in [2.75, 3.05) is 26.6 Å². The number of amides is 1. The maximum atomic E-state index is 13.4. The van der Waals surface area contributed by atoms with E-state index in [1.54, 1.807) is 0 Å².